The number of likely N-dealkylation sites (tertiary alicyclic amines) is 1. The molecule has 1 heterocycles. The van der Waals surface area contributed by atoms with Gasteiger partial charge in [-0.25, -0.2) is 0 Å². The zero-order valence-corrected chi connectivity index (χ0v) is 12.9. The van der Waals surface area contributed by atoms with Crippen molar-refractivity contribution in [1.29, 1.82) is 0 Å². The zero-order chi connectivity index (χ0) is 14.6. The number of amides is 1. The van der Waals surface area contributed by atoms with E-state index in [1.54, 1.807) is 0 Å². The van der Waals surface area contributed by atoms with Gasteiger partial charge in [0.15, 0.2) is 0 Å². The van der Waals surface area contributed by atoms with Crippen LogP contribution in [-0.4, -0.2) is 36.0 Å². The molecular formula is C17H26N2O. The molecule has 1 aliphatic rings. The number of nitrogens with zero attached hydrogens (tertiary/aromatic N) is 1. The molecule has 1 aromatic carbocycles. The van der Waals surface area contributed by atoms with E-state index >= 15 is 0 Å². The van der Waals surface area contributed by atoms with E-state index in [1.165, 1.54) is 19.3 Å². The number of nitrogens with one attached hydrogen (secondary N) is 1. The van der Waals surface area contributed by atoms with Crippen LogP contribution in [0.2, 0.25) is 0 Å². The Morgan fingerprint density at radius 3 is 2.50 bits per heavy atom. The van der Waals surface area contributed by atoms with Gasteiger partial charge in [0.05, 0.1) is 0 Å². The van der Waals surface area contributed by atoms with Gasteiger partial charge in [-0.2, -0.15) is 0 Å². The molecule has 0 unspecified atom stereocenters. The molecule has 1 aromatic rings. The molecule has 1 aliphatic heterocycles. The van der Waals surface area contributed by atoms with Gasteiger partial charge in [-0.05, 0) is 58.3 Å². The Bertz CT molecular complexity index is 462. The van der Waals surface area contributed by atoms with Crippen LogP contribution in [0.1, 0.15) is 49.0 Å². The smallest absolute Gasteiger partial charge is 0.251 e. The largest absolute Gasteiger partial charge is 0.350 e. The van der Waals surface area contributed by atoms with Crippen molar-refractivity contribution < 1.29 is 4.79 Å². The molecule has 0 aliphatic carbocycles. The lowest BCUT2D eigenvalue weighted by Gasteiger charge is -2.41. The first kappa shape index (κ1) is 15.0. The Kier molecular flexibility index (Phi) is 4.81. The van der Waals surface area contributed by atoms with Gasteiger partial charge in [0, 0.05) is 17.6 Å². The van der Waals surface area contributed by atoms with E-state index in [-0.39, 0.29) is 11.4 Å². The van der Waals surface area contributed by atoms with Crippen LogP contribution < -0.4 is 5.32 Å². The Morgan fingerprint density at radius 1 is 1.20 bits per heavy atom. The zero-order valence-electron chi connectivity index (χ0n) is 12.9. The van der Waals surface area contributed by atoms with Crippen LogP contribution in [0.25, 0.3) is 0 Å². The second kappa shape index (κ2) is 6.40. The molecule has 1 amide bonds. The van der Waals surface area contributed by atoms with Gasteiger partial charge < -0.3 is 5.32 Å². The standard InChI is InChI=1S/C17H26N2O/c1-14-9-5-6-10-15(14)16(20)18-13-17(2,3)19-11-7-4-8-12-19/h5-6,9-10H,4,7-8,11-13H2,1-3H3,(H,18,20). The topological polar surface area (TPSA) is 32.3 Å². The molecular weight excluding hydrogens is 248 g/mol. The fraction of sp³-hybridized carbons (Fsp3) is 0.588. The molecule has 110 valence electrons. The first-order valence-electron chi connectivity index (χ1n) is 7.59. The van der Waals surface area contributed by atoms with Gasteiger partial charge in [-0.1, -0.05) is 24.6 Å². The van der Waals surface area contributed by atoms with Crippen molar-refractivity contribution >= 4 is 5.91 Å². The summed E-state index contributed by atoms with van der Waals surface area (Å²) in [4.78, 5) is 14.8. The number of rotatable bonds is 4. The lowest BCUT2D eigenvalue weighted by molar-refractivity contribution is 0.0797. The average Bonchev–Trinajstić information content (AvgIpc) is 2.46. The average molecular weight is 274 g/mol. The maximum Gasteiger partial charge on any atom is 0.251 e. The summed E-state index contributed by atoms with van der Waals surface area (Å²) < 4.78 is 0. The van der Waals surface area contributed by atoms with E-state index in [1.807, 2.05) is 31.2 Å². The Hall–Kier alpha value is -1.35. The molecule has 1 saturated heterocycles. The van der Waals surface area contributed by atoms with Crippen LogP contribution in [0.5, 0.6) is 0 Å². The monoisotopic (exact) mass is 274 g/mol. The SMILES string of the molecule is Cc1ccccc1C(=O)NCC(C)(C)N1CCCCC1. The number of hydrogen-bond acceptors (Lipinski definition) is 2. The summed E-state index contributed by atoms with van der Waals surface area (Å²) in [5, 5.41) is 3.10. The number of carbonyl (C=O) groups excluding carboxylic acids is 1. The molecule has 0 saturated carbocycles. The van der Waals surface area contributed by atoms with Crippen molar-refractivity contribution in [3.05, 3.63) is 35.4 Å². The highest BCUT2D eigenvalue weighted by Crippen LogP contribution is 2.20. The minimum atomic E-state index is 0.0266. The fourth-order valence-corrected chi connectivity index (χ4v) is 2.83. The van der Waals surface area contributed by atoms with Crippen LogP contribution in [0.4, 0.5) is 0 Å². The summed E-state index contributed by atoms with van der Waals surface area (Å²) in [5.74, 6) is 0.0354. The van der Waals surface area contributed by atoms with E-state index in [0.717, 1.165) is 24.2 Å². The van der Waals surface area contributed by atoms with Crippen molar-refractivity contribution in [2.45, 2.75) is 45.6 Å². The van der Waals surface area contributed by atoms with Crippen molar-refractivity contribution in [2.75, 3.05) is 19.6 Å². The number of benzene rings is 1. The minimum absolute atomic E-state index is 0.0266. The maximum atomic E-state index is 12.3. The van der Waals surface area contributed by atoms with Crippen LogP contribution >= 0.6 is 0 Å². The van der Waals surface area contributed by atoms with E-state index < -0.39 is 0 Å². The van der Waals surface area contributed by atoms with E-state index in [4.69, 9.17) is 0 Å². The second-order valence-electron chi connectivity index (χ2n) is 6.36. The predicted molar refractivity (Wildman–Crippen MR) is 83.0 cm³/mol. The highest BCUT2D eigenvalue weighted by atomic mass is 16.1. The summed E-state index contributed by atoms with van der Waals surface area (Å²) in [7, 11) is 0. The van der Waals surface area contributed by atoms with E-state index in [2.05, 4.69) is 24.1 Å². The normalized spacial score (nSPS) is 16.9. The minimum Gasteiger partial charge on any atom is -0.350 e. The third-order valence-corrected chi connectivity index (χ3v) is 4.28. The molecule has 3 heteroatoms. The quantitative estimate of drug-likeness (QED) is 0.915. The van der Waals surface area contributed by atoms with Crippen LogP contribution in [-0.2, 0) is 0 Å². The first-order chi connectivity index (χ1) is 9.50. The second-order valence-corrected chi connectivity index (χ2v) is 6.36. The number of aryl methyl sites for hydroxylation is 1. The molecule has 0 atom stereocenters. The van der Waals surface area contributed by atoms with Crippen molar-refractivity contribution in [1.82, 2.24) is 10.2 Å². The lowest BCUT2D eigenvalue weighted by atomic mass is 9.98. The highest BCUT2D eigenvalue weighted by Gasteiger charge is 2.28. The van der Waals surface area contributed by atoms with Crippen molar-refractivity contribution in [3.63, 3.8) is 0 Å². The summed E-state index contributed by atoms with van der Waals surface area (Å²) in [5.41, 5.74) is 1.83. The predicted octanol–water partition coefficient (Wildman–Crippen LogP) is 2.99. The Labute approximate surface area is 122 Å². The van der Waals surface area contributed by atoms with Gasteiger partial charge in [-0.15, -0.1) is 0 Å². The summed E-state index contributed by atoms with van der Waals surface area (Å²) in [6.45, 7) is 9.40. The summed E-state index contributed by atoms with van der Waals surface area (Å²) >= 11 is 0. The molecule has 0 aromatic heterocycles. The summed E-state index contributed by atoms with van der Waals surface area (Å²) in [6.07, 6.45) is 3.88. The van der Waals surface area contributed by atoms with Gasteiger partial charge >= 0.3 is 0 Å². The van der Waals surface area contributed by atoms with Crippen LogP contribution in [0, 0.1) is 6.92 Å². The first-order valence-corrected chi connectivity index (χ1v) is 7.59. The van der Waals surface area contributed by atoms with E-state index in [9.17, 15) is 4.79 Å². The third-order valence-electron chi connectivity index (χ3n) is 4.28. The Balaban J connectivity index is 1.94. The van der Waals surface area contributed by atoms with Gasteiger partial charge in [0.2, 0.25) is 0 Å². The molecule has 0 spiro atoms. The highest BCUT2D eigenvalue weighted by molar-refractivity contribution is 5.95. The molecule has 1 fully saturated rings. The third kappa shape index (κ3) is 3.60. The van der Waals surface area contributed by atoms with Gasteiger partial charge in [-0.3, -0.25) is 9.69 Å². The number of carbonyl (C=O) groups is 1. The van der Waals surface area contributed by atoms with Gasteiger partial charge in [0.1, 0.15) is 0 Å². The van der Waals surface area contributed by atoms with Gasteiger partial charge in [0.25, 0.3) is 5.91 Å². The number of piperidine rings is 1. The number of hydrogen-bond donors (Lipinski definition) is 1. The molecule has 2 rings (SSSR count). The Morgan fingerprint density at radius 2 is 1.85 bits per heavy atom. The maximum absolute atomic E-state index is 12.3. The fourth-order valence-electron chi connectivity index (χ4n) is 2.83. The van der Waals surface area contributed by atoms with Crippen molar-refractivity contribution in [2.24, 2.45) is 0 Å². The molecule has 0 radical (unpaired) electrons. The lowest BCUT2D eigenvalue weighted by Crippen LogP contribution is -2.53. The van der Waals surface area contributed by atoms with Crippen LogP contribution in [0.15, 0.2) is 24.3 Å². The van der Waals surface area contributed by atoms with E-state index in [0.29, 0.717) is 6.54 Å². The summed E-state index contributed by atoms with van der Waals surface area (Å²) in [6, 6.07) is 7.74. The molecule has 3 nitrogen and oxygen atoms in total. The van der Waals surface area contributed by atoms with Crippen LogP contribution in [0.3, 0.4) is 0 Å². The molecule has 1 N–H and O–H groups in total. The van der Waals surface area contributed by atoms with Crippen molar-refractivity contribution in [3.8, 4) is 0 Å². The molecule has 20 heavy (non-hydrogen) atoms. The molecule has 0 bridgehead atoms.